The average Bonchev–Trinajstić information content (AvgIpc) is 2.97. The largest absolute Gasteiger partial charge is 0.307 e. The smallest absolute Gasteiger partial charge is 0.282 e. The van der Waals surface area contributed by atoms with Crippen LogP contribution in [-0.2, 0) is 0 Å². The van der Waals surface area contributed by atoms with Crippen LogP contribution in [0.3, 0.4) is 0 Å². The number of hydrogen-bond donors (Lipinski definition) is 2. The lowest BCUT2D eigenvalue weighted by atomic mass is 10.0. The van der Waals surface area contributed by atoms with Gasteiger partial charge in [-0.3, -0.25) is 24.8 Å². The van der Waals surface area contributed by atoms with Gasteiger partial charge < -0.3 is 5.32 Å². The van der Waals surface area contributed by atoms with Gasteiger partial charge in [-0.25, -0.2) is 4.68 Å². The SMILES string of the molecule is CC[C@@H](C)NCC(=O)c1c(C(C)C)[nH]n(-c2ccc([N+](=O)[O-])cc2)c1=O. The summed E-state index contributed by atoms with van der Waals surface area (Å²) < 4.78 is 1.26. The Hall–Kier alpha value is -2.74. The summed E-state index contributed by atoms with van der Waals surface area (Å²) in [7, 11) is 0. The highest BCUT2D eigenvalue weighted by atomic mass is 16.6. The number of non-ortho nitro benzene ring substituents is 1. The van der Waals surface area contributed by atoms with Crippen molar-refractivity contribution in [2.45, 2.75) is 46.1 Å². The van der Waals surface area contributed by atoms with Crippen molar-refractivity contribution in [1.82, 2.24) is 15.1 Å². The molecule has 0 saturated heterocycles. The molecule has 1 atom stereocenters. The van der Waals surface area contributed by atoms with E-state index in [1.54, 1.807) is 0 Å². The lowest BCUT2D eigenvalue weighted by molar-refractivity contribution is -0.384. The highest BCUT2D eigenvalue weighted by molar-refractivity contribution is 5.98. The summed E-state index contributed by atoms with van der Waals surface area (Å²) in [6.45, 7) is 7.86. The van der Waals surface area contributed by atoms with Crippen LogP contribution in [0.2, 0.25) is 0 Å². The van der Waals surface area contributed by atoms with Crippen LogP contribution in [0, 0.1) is 10.1 Å². The van der Waals surface area contributed by atoms with E-state index in [4.69, 9.17) is 0 Å². The highest BCUT2D eigenvalue weighted by Gasteiger charge is 2.23. The predicted octanol–water partition coefficient (Wildman–Crippen LogP) is 2.77. The molecule has 140 valence electrons. The first-order valence-corrected chi connectivity index (χ1v) is 8.62. The van der Waals surface area contributed by atoms with Gasteiger partial charge in [-0.05, 0) is 31.4 Å². The third-order valence-corrected chi connectivity index (χ3v) is 4.32. The van der Waals surface area contributed by atoms with Gasteiger partial charge in [0.2, 0.25) is 0 Å². The van der Waals surface area contributed by atoms with Crippen molar-refractivity contribution in [2.24, 2.45) is 0 Å². The van der Waals surface area contributed by atoms with Gasteiger partial charge in [0.15, 0.2) is 5.78 Å². The number of carbonyl (C=O) groups is 1. The van der Waals surface area contributed by atoms with Gasteiger partial charge in [-0.1, -0.05) is 20.8 Å². The first-order chi connectivity index (χ1) is 12.3. The number of nitro benzene ring substituents is 1. The van der Waals surface area contributed by atoms with Crippen LogP contribution in [0.4, 0.5) is 5.69 Å². The number of rotatable bonds is 8. The fourth-order valence-electron chi connectivity index (χ4n) is 2.55. The number of nitrogens with zero attached hydrogens (tertiary/aromatic N) is 2. The lowest BCUT2D eigenvalue weighted by Crippen LogP contribution is -2.33. The van der Waals surface area contributed by atoms with Crippen LogP contribution in [0.1, 0.15) is 56.1 Å². The molecule has 1 heterocycles. The quantitative estimate of drug-likeness (QED) is 0.427. The number of H-pyrrole nitrogens is 1. The minimum atomic E-state index is -0.504. The van der Waals surface area contributed by atoms with E-state index >= 15 is 0 Å². The van der Waals surface area contributed by atoms with Crippen LogP contribution in [0.5, 0.6) is 0 Å². The summed E-state index contributed by atoms with van der Waals surface area (Å²) in [4.78, 5) is 35.7. The van der Waals surface area contributed by atoms with Crippen molar-refractivity contribution in [2.75, 3.05) is 6.54 Å². The summed E-state index contributed by atoms with van der Waals surface area (Å²) in [5.74, 6) is -0.319. The zero-order chi connectivity index (χ0) is 19.4. The molecule has 0 spiro atoms. The monoisotopic (exact) mass is 360 g/mol. The molecule has 0 saturated carbocycles. The predicted molar refractivity (Wildman–Crippen MR) is 99.2 cm³/mol. The van der Waals surface area contributed by atoms with Gasteiger partial charge in [-0.15, -0.1) is 0 Å². The van der Waals surface area contributed by atoms with Crippen LogP contribution in [0.25, 0.3) is 5.69 Å². The van der Waals surface area contributed by atoms with Crippen molar-refractivity contribution in [1.29, 1.82) is 0 Å². The van der Waals surface area contributed by atoms with Crippen molar-refractivity contribution in [3.05, 3.63) is 56.0 Å². The van der Waals surface area contributed by atoms with Gasteiger partial charge in [0, 0.05) is 18.2 Å². The number of aromatic nitrogens is 2. The van der Waals surface area contributed by atoms with Gasteiger partial charge in [0.1, 0.15) is 5.56 Å². The Morgan fingerprint density at radius 3 is 2.38 bits per heavy atom. The van der Waals surface area contributed by atoms with E-state index in [-0.39, 0.29) is 35.5 Å². The summed E-state index contributed by atoms with van der Waals surface area (Å²) in [5, 5.41) is 16.9. The number of ketones is 1. The topological polar surface area (TPSA) is 110 Å². The van der Waals surface area contributed by atoms with E-state index in [9.17, 15) is 19.7 Å². The molecule has 26 heavy (non-hydrogen) atoms. The van der Waals surface area contributed by atoms with Gasteiger partial charge in [-0.2, -0.15) is 0 Å². The molecule has 0 amide bonds. The Morgan fingerprint density at radius 2 is 1.88 bits per heavy atom. The van der Waals surface area contributed by atoms with Crippen LogP contribution in [-0.4, -0.2) is 33.1 Å². The first kappa shape index (κ1) is 19.6. The summed E-state index contributed by atoms with van der Waals surface area (Å²) in [5.41, 5.74) is 0.625. The van der Waals surface area contributed by atoms with Crippen molar-refractivity contribution >= 4 is 11.5 Å². The molecule has 2 rings (SSSR count). The van der Waals surface area contributed by atoms with E-state index in [0.717, 1.165) is 6.42 Å². The Morgan fingerprint density at radius 1 is 1.27 bits per heavy atom. The molecule has 2 aromatic rings. The molecule has 0 aliphatic carbocycles. The molecule has 0 radical (unpaired) electrons. The molecule has 0 aliphatic rings. The lowest BCUT2D eigenvalue weighted by Gasteiger charge is -2.10. The fraction of sp³-hybridized carbons (Fsp3) is 0.444. The number of aromatic amines is 1. The van der Waals surface area contributed by atoms with E-state index in [1.165, 1.54) is 28.9 Å². The normalized spacial score (nSPS) is 12.3. The summed E-state index contributed by atoms with van der Waals surface area (Å²) in [6, 6.07) is 5.78. The maximum absolute atomic E-state index is 12.8. The van der Waals surface area contributed by atoms with Crippen molar-refractivity contribution < 1.29 is 9.72 Å². The minimum Gasteiger partial charge on any atom is -0.307 e. The second-order valence-corrected chi connectivity index (χ2v) is 6.58. The minimum absolute atomic E-state index is 0.0513. The number of nitrogens with one attached hydrogen (secondary N) is 2. The molecular weight excluding hydrogens is 336 g/mol. The maximum Gasteiger partial charge on any atom is 0.282 e. The molecule has 8 nitrogen and oxygen atoms in total. The molecule has 0 fully saturated rings. The molecule has 0 unspecified atom stereocenters. The summed E-state index contributed by atoms with van der Waals surface area (Å²) in [6.07, 6.45) is 0.879. The molecular formula is C18H24N4O4. The third kappa shape index (κ3) is 4.08. The van der Waals surface area contributed by atoms with E-state index in [0.29, 0.717) is 11.4 Å². The zero-order valence-corrected chi connectivity index (χ0v) is 15.4. The first-order valence-electron chi connectivity index (χ1n) is 8.62. The molecule has 0 aliphatic heterocycles. The van der Waals surface area contributed by atoms with Gasteiger partial charge in [0.05, 0.1) is 22.8 Å². The van der Waals surface area contributed by atoms with Crippen LogP contribution >= 0.6 is 0 Å². The van der Waals surface area contributed by atoms with Crippen molar-refractivity contribution in [3.63, 3.8) is 0 Å². The zero-order valence-electron chi connectivity index (χ0n) is 15.4. The highest BCUT2D eigenvalue weighted by Crippen LogP contribution is 2.18. The summed E-state index contributed by atoms with van der Waals surface area (Å²) >= 11 is 0. The number of nitro groups is 1. The van der Waals surface area contributed by atoms with Gasteiger partial charge in [0.25, 0.3) is 11.2 Å². The fourth-order valence-corrected chi connectivity index (χ4v) is 2.55. The van der Waals surface area contributed by atoms with E-state index in [1.807, 2.05) is 27.7 Å². The Kier molecular flexibility index (Phi) is 6.10. The van der Waals surface area contributed by atoms with Crippen LogP contribution < -0.4 is 10.9 Å². The number of hydrogen-bond acceptors (Lipinski definition) is 5. The maximum atomic E-state index is 12.8. The molecule has 2 N–H and O–H groups in total. The number of benzene rings is 1. The molecule has 0 bridgehead atoms. The number of Topliss-reactive ketones (excluding diaryl/α,β-unsaturated/α-hetero) is 1. The second kappa shape index (κ2) is 8.09. The second-order valence-electron chi connectivity index (χ2n) is 6.58. The van der Waals surface area contributed by atoms with Gasteiger partial charge >= 0.3 is 0 Å². The third-order valence-electron chi connectivity index (χ3n) is 4.32. The number of carbonyl (C=O) groups excluding carboxylic acids is 1. The Bertz CT molecular complexity index is 849. The molecule has 8 heteroatoms. The van der Waals surface area contributed by atoms with E-state index < -0.39 is 10.5 Å². The molecule has 1 aromatic carbocycles. The average molecular weight is 360 g/mol. The van der Waals surface area contributed by atoms with E-state index in [2.05, 4.69) is 10.4 Å². The Labute approximate surface area is 151 Å². The Balaban J connectivity index is 2.42. The standard InChI is InChI=1S/C18H24N4O4/c1-5-12(4)19-10-15(23)16-17(11(2)3)20-21(18(16)24)13-6-8-14(9-7-13)22(25)26/h6-9,11-12,19-20H,5,10H2,1-4H3/t12-/m1/s1. The molecule has 1 aromatic heterocycles. The van der Waals surface area contributed by atoms with Crippen LogP contribution in [0.15, 0.2) is 29.1 Å². The van der Waals surface area contributed by atoms with Crippen molar-refractivity contribution in [3.8, 4) is 5.69 Å².